The lowest BCUT2D eigenvalue weighted by Crippen LogP contribution is -2.16. The van der Waals surface area contributed by atoms with Gasteiger partial charge in [0.05, 0.1) is 22.8 Å². The van der Waals surface area contributed by atoms with Crippen LogP contribution in [0.3, 0.4) is 0 Å². The normalized spacial score (nSPS) is 13.1. The number of hydrogen-bond donors (Lipinski definition) is 1. The Kier molecular flexibility index (Phi) is 4.34. The number of pyridine rings is 2. The van der Waals surface area contributed by atoms with Gasteiger partial charge < -0.3 is 10.0 Å². The number of nitrogens with zero attached hydrogens (tertiary/aromatic N) is 5. The number of hydrogen-bond acceptors (Lipinski definition) is 6. The Labute approximate surface area is 170 Å². The summed E-state index contributed by atoms with van der Waals surface area (Å²) in [5.74, 6) is 0.223. The van der Waals surface area contributed by atoms with Crippen LogP contribution in [-0.2, 0) is 13.0 Å². The Hall–Kier alpha value is -3.16. The summed E-state index contributed by atoms with van der Waals surface area (Å²) in [5.41, 5.74) is 5.24. The average Bonchev–Trinajstić information content (AvgIpc) is 3.15. The highest BCUT2D eigenvalue weighted by molar-refractivity contribution is 6.31. The number of aliphatic hydroxyl groups excluding tert-OH is 1. The van der Waals surface area contributed by atoms with Crippen LogP contribution in [-0.4, -0.2) is 31.6 Å². The van der Waals surface area contributed by atoms with Crippen LogP contribution in [0.2, 0.25) is 5.02 Å². The Morgan fingerprint density at radius 1 is 1.14 bits per heavy atom. The number of benzene rings is 1. The molecule has 29 heavy (non-hydrogen) atoms. The minimum atomic E-state index is -0.420. The highest BCUT2D eigenvalue weighted by atomic mass is 35.5. The lowest BCUT2D eigenvalue weighted by Gasteiger charge is -2.20. The third kappa shape index (κ3) is 3.08. The van der Waals surface area contributed by atoms with E-state index in [0.29, 0.717) is 41.1 Å². The van der Waals surface area contributed by atoms with Crippen LogP contribution in [0.15, 0.2) is 49.1 Å². The van der Waals surface area contributed by atoms with Gasteiger partial charge in [0.1, 0.15) is 17.7 Å². The maximum Gasteiger partial charge on any atom is 0.163 e. The second-order valence-electron chi connectivity index (χ2n) is 6.80. The van der Waals surface area contributed by atoms with Gasteiger partial charge in [-0.05, 0) is 47.9 Å². The van der Waals surface area contributed by atoms with E-state index < -0.39 is 5.82 Å². The standard InChI is InChI=1S/C21H15ClFN5O/c22-15-7-19-13(6-16(15)23)3-4-28(19)21-20-18(25-11-26-21)2-1-17(27-20)14-5-12(10-29)8-24-9-14/h1-2,5-9,11,29H,3-4,10H2. The topological polar surface area (TPSA) is 75.0 Å². The zero-order valence-corrected chi connectivity index (χ0v) is 15.9. The zero-order chi connectivity index (χ0) is 20.0. The fourth-order valence-electron chi connectivity index (χ4n) is 3.60. The summed E-state index contributed by atoms with van der Waals surface area (Å²) in [5, 5.41) is 9.46. The molecule has 1 aliphatic rings. The van der Waals surface area contributed by atoms with Gasteiger partial charge in [0, 0.05) is 30.2 Å². The first-order valence-electron chi connectivity index (χ1n) is 9.06. The molecule has 0 spiro atoms. The SMILES string of the molecule is OCc1cncc(-c2ccc3ncnc(N4CCc5cc(F)c(Cl)cc54)c3n2)c1. The van der Waals surface area contributed by atoms with Gasteiger partial charge in [-0.25, -0.2) is 19.3 Å². The lowest BCUT2D eigenvalue weighted by molar-refractivity contribution is 0.281. The third-order valence-electron chi connectivity index (χ3n) is 5.01. The van der Waals surface area contributed by atoms with E-state index in [0.717, 1.165) is 16.8 Å². The van der Waals surface area contributed by atoms with Crippen molar-refractivity contribution in [2.24, 2.45) is 0 Å². The van der Waals surface area contributed by atoms with Crippen LogP contribution in [0.25, 0.3) is 22.3 Å². The van der Waals surface area contributed by atoms with Gasteiger partial charge in [-0.3, -0.25) is 4.98 Å². The molecule has 0 fully saturated rings. The van der Waals surface area contributed by atoms with Crippen molar-refractivity contribution < 1.29 is 9.50 Å². The van der Waals surface area contributed by atoms with Crippen molar-refractivity contribution in [3.63, 3.8) is 0 Å². The number of aromatic nitrogens is 4. The van der Waals surface area contributed by atoms with Crippen molar-refractivity contribution in [3.8, 4) is 11.3 Å². The molecule has 8 heteroatoms. The van der Waals surface area contributed by atoms with Crippen LogP contribution < -0.4 is 4.90 Å². The second kappa shape index (κ2) is 7.02. The second-order valence-corrected chi connectivity index (χ2v) is 7.21. The van der Waals surface area contributed by atoms with Crippen molar-refractivity contribution in [2.75, 3.05) is 11.4 Å². The predicted molar refractivity (Wildman–Crippen MR) is 109 cm³/mol. The van der Waals surface area contributed by atoms with E-state index in [9.17, 15) is 9.50 Å². The van der Waals surface area contributed by atoms with Gasteiger partial charge in [-0.1, -0.05) is 11.6 Å². The van der Waals surface area contributed by atoms with Crippen LogP contribution in [0.5, 0.6) is 0 Å². The van der Waals surface area contributed by atoms with Crippen LogP contribution in [0.1, 0.15) is 11.1 Å². The molecule has 5 rings (SSSR count). The maximum atomic E-state index is 13.8. The van der Waals surface area contributed by atoms with Gasteiger partial charge in [0.2, 0.25) is 0 Å². The first-order valence-corrected chi connectivity index (χ1v) is 9.44. The Morgan fingerprint density at radius 2 is 2.03 bits per heavy atom. The van der Waals surface area contributed by atoms with Gasteiger partial charge in [-0.2, -0.15) is 0 Å². The van der Waals surface area contributed by atoms with Gasteiger partial charge in [0.25, 0.3) is 0 Å². The summed E-state index contributed by atoms with van der Waals surface area (Å²) in [4.78, 5) is 19.7. The summed E-state index contributed by atoms with van der Waals surface area (Å²) in [6, 6.07) is 8.69. The number of halogens is 2. The number of fused-ring (bicyclic) bond motifs is 2. The monoisotopic (exact) mass is 407 g/mol. The fraction of sp³-hybridized carbons (Fsp3) is 0.143. The molecular weight excluding hydrogens is 393 g/mol. The smallest absolute Gasteiger partial charge is 0.163 e. The van der Waals surface area contributed by atoms with E-state index in [-0.39, 0.29) is 11.6 Å². The highest BCUT2D eigenvalue weighted by Gasteiger charge is 2.25. The van der Waals surface area contributed by atoms with E-state index >= 15 is 0 Å². The minimum Gasteiger partial charge on any atom is -0.392 e. The first-order chi connectivity index (χ1) is 14.1. The molecule has 0 unspecified atom stereocenters. The number of aliphatic hydroxyl groups is 1. The molecule has 1 aliphatic heterocycles. The Morgan fingerprint density at radius 3 is 2.90 bits per heavy atom. The molecule has 1 aromatic carbocycles. The van der Waals surface area contributed by atoms with Crippen LogP contribution in [0.4, 0.5) is 15.9 Å². The van der Waals surface area contributed by atoms with Gasteiger partial charge in [-0.15, -0.1) is 0 Å². The molecule has 0 aliphatic carbocycles. The number of rotatable bonds is 3. The fourth-order valence-corrected chi connectivity index (χ4v) is 3.76. The molecule has 144 valence electrons. The summed E-state index contributed by atoms with van der Waals surface area (Å²) < 4.78 is 13.8. The molecule has 4 aromatic rings. The molecule has 1 N–H and O–H groups in total. The molecule has 0 atom stereocenters. The summed E-state index contributed by atoms with van der Waals surface area (Å²) in [7, 11) is 0. The molecule has 0 amide bonds. The zero-order valence-electron chi connectivity index (χ0n) is 15.2. The lowest BCUT2D eigenvalue weighted by atomic mass is 10.1. The molecular formula is C21H15ClFN5O. The summed E-state index contributed by atoms with van der Waals surface area (Å²) in [6.07, 6.45) is 5.50. The Balaban J connectivity index is 1.65. The van der Waals surface area contributed by atoms with E-state index in [1.807, 2.05) is 23.1 Å². The van der Waals surface area contributed by atoms with Crippen molar-refractivity contribution >= 4 is 34.1 Å². The van der Waals surface area contributed by atoms with Crippen molar-refractivity contribution in [3.05, 3.63) is 71.0 Å². The van der Waals surface area contributed by atoms with Crippen molar-refractivity contribution in [1.82, 2.24) is 19.9 Å². The molecule has 0 saturated carbocycles. The maximum absolute atomic E-state index is 13.8. The average molecular weight is 408 g/mol. The molecule has 0 saturated heterocycles. The molecule has 0 radical (unpaired) electrons. The van der Waals surface area contributed by atoms with Crippen LogP contribution >= 0.6 is 11.6 Å². The van der Waals surface area contributed by atoms with Crippen molar-refractivity contribution in [2.45, 2.75) is 13.0 Å². The van der Waals surface area contributed by atoms with E-state index in [1.165, 1.54) is 12.4 Å². The minimum absolute atomic E-state index is 0.0783. The van der Waals surface area contributed by atoms with E-state index in [2.05, 4.69) is 15.0 Å². The third-order valence-corrected chi connectivity index (χ3v) is 5.30. The van der Waals surface area contributed by atoms with Gasteiger partial charge >= 0.3 is 0 Å². The van der Waals surface area contributed by atoms with E-state index in [1.54, 1.807) is 18.5 Å². The van der Waals surface area contributed by atoms with Gasteiger partial charge in [0.15, 0.2) is 5.82 Å². The molecule has 3 aromatic heterocycles. The summed E-state index contributed by atoms with van der Waals surface area (Å²) in [6.45, 7) is 0.555. The molecule has 0 bridgehead atoms. The van der Waals surface area contributed by atoms with Crippen LogP contribution in [0, 0.1) is 5.82 Å². The molecule has 6 nitrogen and oxygen atoms in total. The molecule has 4 heterocycles. The highest BCUT2D eigenvalue weighted by Crippen LogP contribution is 2.38. The largest absolute Gasteiger partial charge is 0.392 e. The van der Waals surface area contributed by atoms with Crippen molar-refractivity contribution in [1.29, 1.82) is 0 Å². The quantitative estimate of drug-likeness (QED) is 0.552. The van der Waals surface area contributed by atoms with E-state index in [4.69, 9.17) is 16.6 Å². The summed E-state index contributed by atoms with van der Waals surface area (Å²) >= 11 is 6.02. The first kappa shape index (κ1) is 17.9. The number of anilines is 2. The Bertz CT molecular complexity index is 1250. The predicted octanol–water partition coefficient (Wildman–Crippen LogP) is 4.07.